The summed E-state index contributed by atoms with van der Waals surface area (Å²) in [5, 5.41) is 11.8. The van der Waals surface area contributed by atoms with Gasteiger partial charge in [0.2, 0.25) is 5.91 Å². The molecule has 0 aliphatic rings. The van der Waals surface area contributed by atoms with Crippen molar-refractivity contribution >= 4 is 17.5 Å². The van der Waals surface area contributed by atoms with Gasteiger partial charge in [0.25, 0.3) is 0 Å². The van der Waals surface area contributed by atoms with Gasteiger partial charge in [0.15, 0.2) is 0 Å². The number of hydrogen-bond acceptors (Lipinski definition) is 2. The minimum absolute atomic E-state index is 0.0185. The van der Waals surface area contributed by atoms with Crippen molar-refractivity contribution in [3.63, 3.8) is 0 Å². The minimum Gasteiger partial charge on any atom is -0.396 e. The number of rotatable bonds is 6. The van der Waals surface area contributed by atoms with Crippen LogP contribution in [0.3, 0.4) is 0 Å². The highest BCUT2D eigenvalue weighted by molar-refractivity contribution is 6.19. The fraction of sp³-hybridized carbons (Fsp3) is 0.909. The van der Waals surface area contributed by atoms with Crippen LogP contribution >= 0.6 is 11.6 Å². The van der Waals surface area contributed by atoms with Crippen molar-refractivity contribution in [1.82, 2.24) is 5.32 Å². The monoisotopic (exact) mass is 235 g/mol. The summed E-state index contributed by atoms with van der Waals surface area (Å²) >= 11 is 5.72. The van der Waals surface area contributed by atoms with E-state index < -0.39 is 5.41 Å². The molecule has 0 aromatic heterocycles. The lowest BCUT2D eigenvalue weighted by molar-refractivity contribution is -0.129. The number of amides is 1. The summed E-state index contributed by atoms with van der Waals surface area (Å²) in [6, 6.07) is 0.0185. The lowest BCUT2D eigenvalue weighted by Gasteiger charge is -2.27. The maximum Gasteiger partial charge on any atom is 0.227 e. The van der Waals surface area contributed by atoms with Gasteiger partial charge < -0.3 is 10.4 Å². The molecule has 3 nitrogen and oxygen atoms in total. The molecule has 2 N–H and O–H groups in total. The molecule has 0 bridgehead atoms. The molecule has 0 radical (unpaired) electrons. The summed E-state index contributed by atoms with van der Waals surface area (Å²) in [6.07, 6.45) is 0.585. The van der Waals surface area contributed by atoms with E-state index in [2.05, 4.69) is 5.32 Å². The van der Waals surface area contributed by atoms with Crippen LogP contribution < -0.4 is 5.32 Å². The number of nitrogens with one attached hydrogen (secondary N) is 1. The third-order valence-corrected chi connectivity index (χ3v) is 3.18. The van der Waals surface area contributed by atoms with Gasteiger partial charge in [0.1, 0.15) is 0 Å². The maximum absolute atomic E-state index is 11.8. The fourth-order valence-corrected chi connectivity index (χ4v) is 1.26. The van der Waals surface area contributed by atoms with Gasteiger partial charge in [-0.15, -0.1) is 11.6 Å². The summed E-state index contributed by atoms with van der Waals surface area (Å²) in [5.41, 5.74) is -0.551. The molecule has 1 amide bonds. The van der Waals surface area contributed by atoms with E-state index in [1.54, 1.807) is 0 Å². The summed E-state index contributed by atoms with van der Waals surface area (Å²) in [7, 11) is 0. The van der Waals surface area contributed by atoms with E-state index in [4.69, 9.17) is 16.7 Å². The summed E-state index contributed by atoms with van der Waals surface area (Å²) in [4.78, 5) is 11.8. The summed E-state index contributed by atoms with van der Waals surface area (Å²) in [6.45, 7) is 7.75. The molecule has 0 saturated heterocycles. The maximum atomic E-state index is 11.8. The van der Waals surface area contributed by atoms with Crippen LogP contribution in [-0.2, 0) is 4.79 Å². The molecule has 0 saturated carbocycles. The van der Waals surface area contributed by atoms with E-state index in [1.165, 1.54) is 0 Å². The average Bonchev–Trinajstić information content (AvgIpc) is 2.16. The molecular weight excluding hydrogens is 214 g/mol. The van der Waals surface area contributed by atoms with E-state index in [9.17, 15) is 4.79 Å². The SMILES string of the molecule is CC(C)C(CCO)NC(=O)C(C)(C)CCl. The zero-order chi connectivity index (χ0) is 12.1. The normalized spacial score (nSPS) is 14.1. The van der Waals surface area contributed by atoms with Crippen molar-refractivity contribution in [2.45, 2.75) is 40.2 Å². The van der Waals surface area contributed by atoms with Crippen LogP contribution in [0.15, 0.2) is 0 Å². The molecule has 0 spiro atoms. The van der Waals surface area contributed by atoms with Crippen molar-refractivity contribution in [3.05, 3.63) is 0 Å². The van der Waals surface area contributed by atoms with Crippen LogP contribution in [0.4, 0.5) is 0 Å². The zero-order valence-electron chi connectivity index (χ0n) is 10.0. The van der Waals surface area contributed by atoms with Gasteiger partial charge in [-0.3, -0.25) is 4.79 Å². The second-order valence-corrected chi connectivity index (χ2v) is 5.12. The molecule has 0 aliphatic carbocycles. The molecule has 1 atom stereocenters. The Labute approximate surface area is 97.2 Å². The molecule has 0 aromatic rings. The van der Waals surface area contributed by atoms with Gasteiger partial charge in [-0.2, -0.15) is 0 Å². The summed E-state index contributed by atoms with van der Waals surface area (Å²) < 4.78 is 0. The fourth-order valence-electron chi connectivity index (χ4n) is 1.14. The van der Waals surface area contributed by atoms with Crippen LogP contribution in [0.25, 0.3) is 0 Å². The Kier molecular flexibility index (Phi) is 6.22. The van der Waals surface area contributed by atoms with Gasteiger partial charge in [-0.1, -0.05) is 13.8 Å². The molecular formula is C11H22ClNO2. The Morgan fingerprint density at radius 3 is 2.33 bits per heavy atom. The number of carbonyl (C=O) groups excluding carboxylic acids is 1. The van der Waals surface area contributed by atoms with Crippen molar-refractivity contribution in [2.75, 3.05) is 12.5 Å². The Morgan fingerprint density at radius 2 is 2.00 bits per heavy atom. The summed E-state index contributed by atoms with van der Waals surface area (Å²) in [5.74, 6) is 0.555. The first-order chi connectivity index (χ1) is 6.85. The molecule has 0 aromatic carbocycles. The zero-order valence-corrected chi connectivity index (χ0v) is 10.8. The van der Waals surface area contributed by atoms with E-state index in [-0.39, 0.29) is 18.6 Å². The number of carbonyl (C=O) groups is 1. The number of aliphatic hydroxyl groups excluding tert-OH is 1. The first-order valence-corrected chi connectivity index (χ1v) is 5.86. The second-order valence-electron chi connectivity index (χ2n) is 4.85. The number of halogens is 1. The van der Waals surface area contributed by atoms with E-state index >= 15 is 0 Å². The molecule has 15 heavy (non-hydrogen) atoms. The Hall–Kier alpha value is -0.280. The standard InChI is InChI=1S/C11H22ClNO2/c1-8(2)9(5-6-14)13-10(15)11(3,4)7-12/h8-9,14H,5-7H2,1-4H3,(H,13,15). The van der Waals surface area contributed by atoms with Crippen LogP contribution in [-0.4, -0.2) is 29.5 Å². The molecule has 0 fully saturated rings. The van der Waals surface area contributed by atoms with Crippen LogP contribution in [0.2, 0.25) is 0 Å². The Balaban J connectivity index is 4.35. The second kappa shape index (κ2) is 6.33. The third kappa shape index (κ3) is 4.85. The van der Waals surface area contributed by atoms with Crippen LogP contribution in [0.5, 0.6) is 0 Å². The highest BCUT2D eigenvalue weighted by atomic mass is 35.5. The van der Waals surface area contributed by atoms with Gasteiger partial charge >= 0.3 is 0 Å². The smallest absolute Gasteiger partial charge is 0.227 e. The molecule has 4 heteroatoms. The quantitative estimate of drug-likeness (QED) is 0.690. The van der Waals surface area contributed by atoms with Gasteiger partial charge in [0.05, 0.1) is 5.41 Å². The van der Waals surface area contributed by atoms with E-state index in [0.717, 1.165) is 0 Å². The Morgan fingerprint density at radius 1 is 1.47 bits per heavy atom. The average molecular weight is 236 g/mol. The molecule has 90 valence electrons. The third-order valence-electron chi connectivity index (χ3n) is 2.51. The van der Waals surface area contributed by atoms with Crippen LogP contribution in [0, 0.1) is 11.3 Å². The number of aliphatic hydroxyl groups is 1. The van der Waals surface area contributed by atoms with Gasteiger partial charge in [-0.05, 0) is 26.2 Å². The first-order valence-electron chi connectivity index (χ1n) is 5.33. The lowest BCUT2D eigenvalue weighted by Crippen LogP contribution is -2.46. The highest BCUT2D eigenvalue weighted by Crippen LogP contribution is 2.18. The van der Waals surface area contributed by atoms with Crippen molar-refractivity contribution in [2.24, 2.45) is 11.3 Å². The minimum atomic E-state index is -0.551. The van der Waals surface area contributed by atoms with E-state index in [0.29, 0.717) is 18.2 Å². The predicted octanol–water partition coefficient (Wildman–Crippen LogP) is 1.77. The van der Waals surface area contributed by atoms with Crippen molar-refractivity contribution in [1.29, 1.82) is 0 Å². The van der Waals surface area contributed by atoms with Crippen molar-refractivity contribution in [3.8, 4) is 0 Å². The molecule has 1 unspecified atom stereocenters. The largest absolute Gasteiger partial charge is 0.396 e. The van der Waals surface area contributed by atoms with Gasteiger partial charge in [0, 0.05) is 18.5 Å². The molecule has 0 heterocycles. The van der Waals surface area contributed by atoms with Crippen LogP contribution in [0.1, 0.15) is 34.1 Å². The number of hydrogen-bond donors (Lipinski definition) is 2. The van der Waals surface area contributed by atoms with Gasteiger partial charge in [-0.25, -0.2) is 0 Å². The molecule has 0 aliphatic heterocycles. The molecule has 0 rings (SSSR count). The highest BCUT2D eigenvalue weighted by Gasteiger charge is 2.28. The van der Waals surface area contributed by atoms with E-state index in [1.807, 2.05) is 27.7 Å². The Bertz CT molecular complexity index is 205. The first kappa shape index (κ1) is 14.7. The van der Waals surface area contributed by atoms with Crippen molar-refractivity contribution < 1.29 is 9.90 Å². The predicted molar refractivity (Wildman–Crippen MR) is 63.0 cm³/mol. The number of alkyl halides is 1. The topological polar surface area (TPSA) is 49.3 Å². The lowest BCUT2D eigenvalue weighted by atomic mass is 9.93.